The molecule has 3 atom stereocenters. The minimum absolute atomic E-state index is 0.191. The van der Waals surface area contributed by atoms with E-state index in [2.05, 4.69) is 43.9 Å². The smallest absolute Gasteiger partial charge is 0.0717 e. The Hall–Kier alpha value is -0.903. The Labute approximate surface area is 136 Å². The van der Waals surface area contributed by atoms with E-state index >= 15 is 0 Å². The molecule has 2 rings (SSSR count). The SMILES string of the molecule is C[Si](C)(C)C/C=C/C[C@@H](O)[C@H]1C[C@@H]1COCc1ccccc1. The quantitative estimate of drug-likeness (QED) is 0.537. The number of allylic oxidation sites excluding steroid dienone is 1. The summed E-state index contributed by atoms with van der Waals surface area (Å²) in [5.41, 5.74) is 1.22. The monoisotopic (exact) mass is 318 g/mol. The number of benzene rings is 1. The van der Waals surface area contributed by atoms with Crippen molar-refractivity contribution < 1.29 is 9.84 Å². The standard InChI is InChI=1S/C19H30O2Si/c1-22(2,3)12-8-7-11-19(20)18-13-17(18)15-21-14-16-9-5-4-6-10-16/h4-10,17-20H,11-15H2,1-3H3/b8-7+/t17-,18+,19-/m1/s1. The Morgan fingerprint density at radius 1 is 1.23 bits per heavy atom. The van der Waals surface area contributed by atoms with Crippen LogP contribution in [0.5, 0.6) is 0 Å². The third kappa shape index (κ3) is 6.47. The van der Waals surface area contributed by atoms with E-state index in [1.165, 1.54) is 11.6 Å². The molecule has 122 valence electrons. The van der Waals surface area contributed by atoms with Crippen molar-refractivity contribution in [1.29, 1.82) is 0 Å². The normalized spacial score (nSPS) is 22.9. The van der Waals surface area contributed by atoms with Gasteiger partial charge < -0.3 is 9.84 Å². The second-order valence-corrected chi connectivity index (χ2v) is 13.2. The van der Waals surface area contributed by atoms with E-state index in [1.807, 2.05) is 18.2 Å². The fraction of sp³-hybridized carbons (Fsp3) is 0.579. The van der Waals surface area contributed by atoms with Crippen LogP contribution >= 0.6 is 0 Å². The van der Waals surface area contributed by atoms with Crippen LogP contribution in [-0.4, -0.2) is 25.9 Å². The summed E-state index contributed by atoms with van der Waals surface area (Å²) in [4.78, 5) is 0. The maximum atomic E-state index is 10.2. The number of hydrogen-bond acceptors (Lipinski definition) is 2. The first-order valence-electron chi connectivity index (χ1n) is 8.40. The summed E-state index contributed by atoms with van der Waals surface area (Å²) in [5, 5.41) is 10.2. The maximum absolute atomic E-state index is 10.2. The number of ether oxygens (including phenoxy) is 1. The second kappa shape index (κ2) is 8.09. The average Bonchev–Trinajstić information content (AvgIpc) is 3.23. The van der Waals surface area contributed by atoms with Gasteiger partial charge in [-0.2, -0.15) is 0 Å². The molecule has 0 aromatic heterocycles. The van der Waals surface area contributed by atoms with Crippen LogP contribution in [0.25, 0.3) is 0 Å². The van der Waals surface area contributed by atoms with Crippen molar-refractivity contribution in [3.8, 4) is 0 Å². The average molecular weight is 319 g/mol. The molecule has 3 heteroatoms. The van der Waals surface area contributed by atoms with Gasteiger partial charge in [0.15, 0.2) is 0 Å². The molecule has 0 unspecified atom stereocenters. The van der Waals surface area contributed by atoms with Crippen molar-refractivity contribution in [1.82, 2.24) is 0 Å². The number of hydrogen-bond donors (Lipinski definition) is 1. The van der Waals surface area contributed by atoms with E-state index in [9.17, 15) is 5.11 Å². The summed E-state index contributed by atoms with van der Waals surface area (Å²) in [6, 6.07) is 11.5. The zero-order valence-corrected chi connectivity index (χ0v) is 15.2. The summed E-state index contributed by atoms with van der Waals surface area (Å²) in [6.45, 7) is 8.56. The third-order valence-electron chi connectivity index (χ3n) is 4.19. The minimum Gasteiger partial charge on any atom is -0.393 e. The van der Waals surface area contributed by atoms with Gasteiger partial charge in [0.1, 0.15) is 0 Å². The van der Waals surface area contributed by atoms with Crippen molar-refractivity contribution in [3.63, 3.8) is 0 Å². The molecule has 22 heavy (non-hydrogen) atoms. The third-order valence-corrected chi connectivity index (χ3v) is 5.65. The molecule has 0 aliphatic heterocycles. The topological polar surface area (TPSA) is 29.5 Å². The van der Waals surface area contributed by atoms with E-state index < -0.39 is 8.07 Å². The van der Waals surface area contributed by atoms with Crippen LogP contribution in [0.1, 0.15) is 18.4 Å². The van der Waals surface area contributed by atoms with Crippen molar-refractivity contribution in [2.24, 2.45) is 11.8 Å². The first-order chi connectivity index (χ1) is 10.5. The summed E-state index contributed by atoms with van der Waals surface area (Å²) < 4.78 is 5.77. The molecule has 1 aromatic rings. The van der Waals surface area contributed by atoms with Crippen LogP contribution in [0.2, 0.25) is 25.7 Å². The zero-order valence-electron chi connectivity index (χ0n) is 14.2. The van der Waals surface area contributed by atoms with Crippen molar-refractivity contribution >= 4 is 8.07 Å². The van der Waals surface area contributed by atoms with Gasteiger partial charge >= 0.3 is 0 Å². The molecule has 2 nitrogen and oxygen atoms in total. The summed E-state index contributed by atoms with van der Waals surface area (Å²) in [7, 11) is -0.993. The van der Waals surface area contributed by atoms with Gasteiger partial charge in [-0.3, -0.25) is 0 Å². The molecule has 1 saturated carbocycles. The van der Waals surface area contributed by atoms with Gasteiger partial charge in [0.05, 0.1) is 19.3 Å². The van der Waals surface area contributed by atoms with E-state index in [1.54, 1.807) is 0 Å². The molecular weight excluding hydrogens is 288 g/mol. The van der Waals surface area contributed by atoms with Gasteiger partial charge in [0.2, 0.25) is 0 Å². The maximum Gasteiger partial charge on any atom is 0.0717 e. The summed E-state index contributed by atoms with van der Waals surface area (Å²) in [5.74, 6) is 0.983. The first-order valence-corrected chi connectivity index (χ1v) is 12.1. The molecule has 0 spiro atoms. The van der Waals surface area contributed by atoms with Crippen LogP contribution < -0.4 is 0 Å². The highest BCUT2D eigenvalue weighted by molar-refractivity contribution is 6.76. The summed E-state index contributed by atoms with van der Waals surface area (Å²) in [6.07, 6.45) is 6.15. The predicted molar refractivity (Wildman–Crippen MR) is 95.6 cm³/mol. The number of rotatable bonds is 9. The lowest BCUT2D eigenvalue weighted by molar-refractivity contribution is 0.0908. The molecule has 1 aliphatic rings. The number of aliphatic hydroxyl groups is 1. The Kier molecular flexibility index (Phi) is 6.42. The van der Waals surface area contributed by atoms with Crippen molar-refractivity contribution in [2.45, 2.75) is 51.2 Å². The molecule has 0 heterocycles. The van der Waals surface area contributed by atoms with Gasteiger partial charge in [-0.1, -0.05) is 62.1 Å². The fourth-order valence-corrected chi connectivity index (χ4v) is 3.56. The lowest BCUT2D eigenvalue weighted by atomic mass is 10.1. The van der Waals surface area contributed by atoms with Crippen LogP contribution in [0.15, 0.2) is 42.5 Å². The van der Waals surface area contributed by atoms with Crippen LogP contribution in [0.4, 0.5) is 0 Å². The molecule has 0 bridgehead atoms. The van der Waals surface area contributed by atoms with Gasteiger partial charge in [-0.25, -0.2) is 0 Å². The Balaban J connectivity index is 1.59. The number of aliphatic hydroxyl groups excluding tert-OH is 1. The van der Waals surface area contributed by atoms with Gasteiger partial charge in [0.25, 0.3) is 0 Å². The second-order valence-electron chi connectivity index (χ2n) is 7.70. The molecular formula is C19H30O2Si. The largest absolute Gasteiger partial charge is 0.393 e. The highest BCUT2D eigenvalue weighted by Crippen LogP contribution is 2.42. The molecule has 1 fully saturated rings. The van der Waals surface area contributed by atoms with Crippen molar-refractivity contribution in [2.75, 3.05) is 6.61 Å². The highest BCUT2D eigenvalue weighted by Gasteiger charge is 2.41. The Bertz CT molecular complexity index is 464. The molecule has 1 aliphatic carbocycles. The van der Waals surface area contributed by atoms with E-state index in [0.717, 1.165) is 19.4 Å². The molecule has 1 N–H and O–H groups in total. The minimum atomic E-state index is -0.993. The fourth-order valence-electron chi connectivity index (χ4n) is 2.68. The molecule has 0 saturated heterocycles. The van der Waals surface area contributed by atoms with E-state index in [4.69, 9.17) is 4.74 Å². The lowest BCUT2D eigenvalue weighted by Gasteiger charge is -2.12. The van der Waals surface area contributed by atoms with E-state index in [0.29, 0.717) is 18.4 Å². The van der Waals surface area contributed by atoms with Crippen LogP contribution in [0.3, 0.4) is 0 Å². The van der Waals surface area contributed by atoms with Gasteiger partial charge in [-0.05, 0) is 36.3 Å². The van der Waals surface area contributed by atoms with Gasteiger partial charge in [0, 0.05) is 8.07 Å². The summed E-state index contributed by atoms with van der Waals surface area (Å²) >= 11 is 0. The first kappa shape index (κ1) is 17.5. The predicted octanol–water partition coefficient (Wildman–Crippen LogP) is 4.48. The molecule has 0 radical (unpaired) electrons. The Morgan fingerprint density at radius 2 is 1.95 bits per heavy atom. The van der Waals surface area contributed by atoms with Gasteiger partial charge in [-0.15, -0.1) is 0 Å². The Morgan fingerprint density at radius 3 is 2.64 bits per heavy atom. The molecule has 1 aromatic carbocycles. The molecule has 0 amide bonds. The highest BCUT2D eigenvalue weighted by atomic mass is 28.3. The van der Waals surface area contributed by atoms with E-state index in [-0.39, 0.29) is 6.10 Å². The van der Waals surface area contributed by atoms with Crippen molar-refractivity contribution in [3.05, 3.63) is 48.0 Å². The van der Waals surface area contributed by atoms with Crippen LogP contribution in [0, 0.1) is 11.8 Å². The lowest BCUT2D eigenvalue weighted by Crippen LogP contribution is -2.17. The zero-order chi connectivity index (χ0) is 16.0. The van der Waals surface area contributed by atoms with Crippen LogP contribution in [-0.2, 0) is 11.3 Å².